The van der Waals surface area contributed by atoms with E-state index < -0.39 is 11.8 Å². The second-order valence-electron chi connectivity index (χ2n) is 3.85. The lowest BCUT2D eigenvalue weighted by atomic mass is 9.82. The molecule has 5 heteroatoms. The number of hydrogen-bond donors (Lipinski definition) is 1. The lowest BCUT2D eigenvalue weighted by Gasteiger charge is -2.32. The van der Waals surface area contributed by atoms with E-state index in [1.807, 2.05) is 0 Å². The van der Waals surface area contributed by atoms with Crippen molar-refractivity contribution in [3.8, 4) is 5.75 Å². The van der Waals surface area contributed by atoms with Crippen LogP contribution in [-0.2, 0) is 4.79 Å². The number of halogens is 2. The van der Waals surface area contributed by atoms with E-state index >= 15 is 0 Å². The Labute approximate surface area is 96.8 Å². The predicted molar refractivity (Wildman–Crippen MR) is 56.2 cm³/mol. The largest absolute Gasteiger partial charge is 0.490 e. The number of carboxylic acids is 1. The molecule has 86 valence electrons. The van der Waals surface area contributed by atoms with Gasteiger partial charge >= 0.3 is 5.97 Å². The maximum Gasteiger partial charge on any atom is 0.306 e. The van der Waals surface area contributed by atoms with Gasteiger partial charge in [0.2, 0.25) is 0 Å². The topological polar surface area (TPSA) is 46.5 Å². The van der Waals surface area contributed by atoms with Crippen molar-refractivity contribution in [2.45, 2.75) is 18.9 Å². The number of benzene rings is 1. The van der Waals surface area contributed by atoms with Crippen molar-refractivity contribution in [1.29, 1.82) is 0 Å². The lowest BCUT2D eigenvalue weighted by Crippen LogP contribution is -2.38. The van der Waals surface area contributed by atoms with E-state index in [2.05, 4.69) is 0 Å². The van der Waals surface area contributed by atoms with Crippen LogP contribution in [0.2, 0.25) is 5.02 Å². The van der Waals surface area contributed by atoms with Crippen LogP contribution in [0.4, 0.5) is 4.39 Å². The summed E-state index contributed by atoms with van der Waals surface area (Å²) in [5.41, 5.74) is 0. The SMILES string of the molecule is O=C(O)C1CC(Oc2cc(F)cc(Cl)c2)C1. The molecule has 0 unspecified atom stereocenters. The van der Waals surface area contributed by atoms with Gasteiger partial charge in [0.1, 0.15) is 17.7 Å². The van der Waals surface area contributed by atoms with Crippen molar-refractivity contribution in [3.63, 3.8) is 0 Å². The maximum absolute atomic E-state index is 12.9. The van der Waals surface area contributed by atoms with E-state index in [0.717, 1.165) is 0 Å². The first-order valence-corrected chi connectivity index (χ1v) is 5.28. The Kier molecular flexibility index (Phi) is 3.01. The number of aliphatic carboxylic acids is 1. The Balaban J connectivity index is 1.94. The van der Waals surface area contributed by atoms with Gasteiger partial charge in [-0.2, -0.15) is 0 Å². The Hall–Kier alpha value is -1.29. The smallest absolute Gasteiger partial charge is 0.306 e. The molecule has 1 N–H and O–H groups in total. The fourth-order valence-electron chi connectivity index (χ4n) is 1.65. The normalized spacial score (nSPS) is 23.6. The van der Waals surface area contributed by atoms with E-state index in [1.165, 1.54) is 18.2 Å². The first-order valence-electron chi connectivity index (χ1n) is 4.90. The van der Waals surface area contributed by atoms with Gasteiger partial charge in [-0.25, -0.2) is 4.39 Å². The van der Waals surface area contributed by atoms with Crippen LogP contribution >= 0.6 is 11.6 Å². The van der Waals surface area contributed by atoms with Crippen LogP contribution in [0.25, 0.3) is 0 Å². The second-order valence-corrected chi connectivity index (χ2v) is 4.29. The van der Waals surface area contributed by atoms with Crippen LogP contribution in [0.1, 0.15) is 12.8 Å². The number of ether oxygens (including phenoxy) is 1. The summed E-state index contributed by atoms with van der Waals surface area (Å²) < 4.78 is 18.4. The molecule has 0 spiro atoms. The van der Waals surface area contributed by atoms with E-state index in [9.17, 15) is 9.18 Å². The van der Waals surface area contributed by atoms with E-state index in [1.54, 1.807) is 0 Å². The predicted octanol–water partition coefficient (Wildman–Crippen LogP) is 2.72. The Morgan fingerprint density at radius 3 is 2.69 bits per heavy atom. The van der Waals surface area contributed by atoms with Crippen molar-refractivity contribution in [3.05, 3.63) is 29.0 Å². The first kappa shape index (κ1) is 11.2. The molecule has 1 aliphatic carbocycles. The molecule has 0 saturated heterocycles. The number of rotatable bonds is 3. The van der Waals surface area contributed by atoms with Crippen LogP contribution in [0.3, 0.4) is 0 Å². The summed E-state index contributed by atoms with van der Waals surface area (Å²) in [6.45, 7) is 0. The minimum absolute atomic E-state index is 0.154. The van der Waals surface area contributed by atoms with Gasteiger partial charge in [-0.05, 0) is 25.0 Å². The van der Waals surface area contributed by atoms with Crippen LogP contribution in [0.5, 0.6) is 5.75 Å². The van der Waals surface area contributed by atoms with Crippen molar-refractivity contribution in [2.24, 2.45) is 5.92 Å². The van der Waals surface area contributed by atoms with Crippen molar-refractivity contribution >= 4 is 17.6 Å². The van der Waals surface area contributed by atoms with Crippen LogP contribution in [0, 0.1) is 11.7 Å². The van der Waals surface area contributed by atoms with E-state index in [0.29, 0.717) is 18.6 Å². The monoisotopic (exact) mass is 244 g/mol. The zero-order chi connectivity index (χ0) is 11.7. The molecule has 0 radical (unpaired) electrons. The van der Waals surface area contributed by atoms with Gasteiger partial charge in [0.15, 0.2) is 0 Å². The molecule has 1 aromatic rings. The van der Waals surface area contributed by atoms with Gasteiger partial charge in [0, 0.05) is 11.1 Å². The quantitative estimate of drug-likeness (QED) is 0.889. The minimum atomic E-state index is -0.808. The summed E-state index contributed by atoms with van der Waals surface area (Å²) in [6.07, 6.45) is 0.770. The highest BCUT2D eigenvalue weighted by Crippen LogP contribution is 2.32. The van der Waals surface area contributed by atoms with E-state index in [-0.39, 0.29) is 17.0 Å². The Morgan fingerprint density at radius 1 is 1.44 bits per heavy atom. The van der Waals surface area contributed by atoms with Gasteiger partial charge in [-0.3, -0.25) is 4.79 Å². The molecule has 3 nitrogen and oxygen atoms in total. The Morgan fingerprint density at radius 2 is 2.12 bits per heavy atom. The van der Waals surface area contributed by atoms with Crippen LogP contribution in [0.15, 0.2) is 18.2 Å². The molecule has 0 amide bonds. The van der Waals surface area contributed by atoms with Crippen molar-refractivity contribution in [2.75, 3.05) is 0 Å². The number of carbonyl (C=O) groups is 1. The van der Waals surface area contributed by atoms with Gasteiger partial charge in [-0.1, -0.05) is 11.6 Å². The van der Waals surface area contributed by atoms with Crippen molar-refractivity contribution < 1.29 is 19.0 Å². The standard InChI is InChI=1S/C11H10ClFO3/c12-7-3-8(13)5-10(4-7)16-9-1-6(2-9)11(14)15/h3-6,9H,1-2H2,(H,14,15). The second kappa shape index (κ2) is 4.29. The molecule has 0 aliphatic heterocycles. The Bertz CT molecular complexity index is 395. The maximum atomic E-state index is 12.9. The summed E-state index contributed by atoms with van der Waals surface area (Å²) in [6, 6.07) is 3.94. The molecule has 1 saturated carbocycles. The van der Waals surface area contributed by atoms with E-state index in [4.69, 9.17) is 21.4 Å². The fraction of sp³-hybridized carbons (Fsp3) is 0.364. The molecule has 2 rings (SSSR count). The highest BCUT2D eigenvalue weighted by molar-refractivity contribution is 6.30. The first-order chi connectivity index (χ1) is 7.54. The fourth-order valence-corrected chi connectivity index (χ4v) is 1.86. The molecular formula is C11H10ClFO3. The molecule has 16 heavy (non-hydrogen) atoms. The molecule has 1 aliphatic rings. The summed E-state index contributed by atoms with van der Waals surface area (Å²) in [7, 11) is 0. The third kappa shape index (κ3) is 2.44. The molecule has 1 fully saturated rings. The van der Waals surface area contributed by atoms with Gasteiger partial charge in [0.05, 0.1) is 5.92 Å². The molecule has 0 heterocycles. The summed E-state index contributed by atoms with van der Waals surface area (Å²) >= 11 is 5.66. The lowest BCUT2D eigenvalue weighted by molar-refractivity contribution is -0.147. The molecule has 0 atom stereocenters. The van der Waals surface area contributed by atoms with Crippen molar-refractivity contribution in [1.82, 2.24) is 0 Å². The highest BCUT2D eigenvalue weighted by Gasteiger charge is 2.36. The number of hydrogen-bond acceptors (Lipinski definition) is 2. The molecule has 0 aromatic heterocycles. The third-order valence-corrected chi connectivity index (χ3v) is 2.80. The summed E-state index contributed by atoms with van der Waals surface area (Å²) in [5.74, 6) is -1.26. The number of carboxylic acid groups (broad SMARTS) is 1. The average Bonchev–Trinajstić information content (AvgIpc) is 2.08. The van der Waals surface area contributed by atoms with Gasteiger partial charge < -0.3 is 9.84 Å². The molecule has 0 bridgehead atoms. The summed E-state index contributed by atoms with van der Waals surface area (Å²) in [5, 5.41) is 8.94. The molecule has 1 aromatic carbocycles. The zero-order valence-corrected chi connectivity index (χ0v) is 9.08. The molecular weight excluding hydrogens is 235 g/mol. The zero-order valence-electron chi connectivity index (χ0n) is 8.32. The third-order valence-electron chi connectivity index (χ3n) is 2.58. The average molecular weight is 245 g/mol. The minimum Gasteiger partial charge on any atom is -0.490 e. The van der Waals surface area contributed by atoms with Gasteiger partial charge in [-0.15, -0.1) is 0 Å². The van der Waals surface area contributed by atoms with Crippen LogP contribution < -0.4 is 4.74 Å². The summed E-state index contributed by atoms with van der Waals surface area (Å²) in [4.78, 5) is 10.6. The van der Waals surface area contributed by atoms with Crippen LogP contribution in [-0.4, -0.2) is 17.2 Å². The highest BCUT2D eigenvalue weighted by atomic mass is 35.5. The van der Waals surface area contributed by atoms with Gasteiger partial charge in [0.25, 0.3) is 0 Å².